The number of fused-ring (bicyclic) bond motifs is 1. The fraction of sp³-hybridized carbons (Fsp3) is 0.549. The highest BCUT2D eigenvalue weighted by Crippen LogP contribution is 2.47. The van der Waals surface area contributed by atoms with Crippen molar-refractivity contribution in [2.45, 2.75) is 124 Å². The molecular formula is C51H64N14O14S2. The van der Waals surface area contributed by atoms with Gasteiger partial charge < -0.3 is 44.6 Å². The molecule has 4 aromatic rings. The molecule has 0 spiro atoms. The first kappa shape index (κ1) is 56.7. The average Bonchev–Trinajstić information content (AvgIpc) is 4.45. The molecule has 6 heterocycles. The Bertz CT molecular complexity index is 3330. The Kier molecular flexibility index (Phi) is 15.7. The zero-order chi connectivity index (χ0) is 57.5. The molecule has 30 heteroatoms. The van der Waals surface area contributed by atoms with E-state index in [1.54, 1.807) is 57.3 Å². The topological polar surface area (TPSA) is 349 Å². The Hall–Kier alpha value is -7.57. The van der Waals surface area contributed by atoms with Crippen LogP contribution in [0.4, 0.5) is 10.7 Å². The normalized spacial score (nSPS) is 26.9. The van der Waals surface area contributed by atoms with Gasteiger partial charge in [-0.25, -0.2) is 31.6 Å². The van der Waals surface area contributed by atoms with E-state index in [1.807, 2.05) is 11.0 Å². The third-order valence-electron chi connectivity index (χ3n) is 14.7. The number of morpholine rings is 1. The number of amides is 5. The molecule has 1 aromatic carbocycles. The van der Waals surface area contributed by atoms with Gasteiger partial charge in [-0.2, -0.15) is 9.97 Å². The summed E-state index contributed by atoms with van der Waals surface area (Å²) in [5.74, 6) is -2.29. The van der Waals surface area contributed by atoms with Gasteiger partial charge in [0.25, 0.3) is 11.8 Å². The second-order valence-corrected chi connectivity index (χ2v) is 25.9. The Morgan fingerprint density at radius 1 is 0.778 bits per heavy atom. The van der Waals surface area contributed by atoms with Crippen molar-refractivity contribution in [3.8, 4) is 17.8 Å². The van der Waals surface area contributed by atoms with E-state index in [1.165, 1.54) is 28.1 Å². The van der Waals surface area contributed by atoms with Gasteiger partial charge in [0, 0.05) is 68.8 Å². The summed E-state index contributed by atoms with van der Waals surface area (Å²) in [5, 5.41) is 15.5. The third kappa shape index (κ3) is 13.0. The molecule has 3 saturated heterocycles. The lowest BCUT2D eigenvalue weighted by atomic mass is 10.1. The number of ether oxygens (including phenoxy) is 4. The molecule has 8 atom stereocenters. The van der Waals surface area contributed by atoms with Crippen LogP contribution in [-0.2, 0) is 48.7 Å². The SMILES string of the molecule is C=CC1CC1(NC(=O)[C@@H]1C[C@@H](Oc2ccnc(N3CCOCC3)n2)CN1)C(=O)NS(=O)(=O)C1CC1.C=CC1CC1(NC(=O)[C@@H]1C[C@@H](Oc2ccnc(On3nnc4ccccc43)n2)CN1C(=O)OC(C)(C)C)C(=O)NS(=O)(=O)C1CC1. The van der Waals surface area contributed by atoms with Crippen LogP contribution in [0.5, 0.6) is 17.8 Å². The molecule has 4 saturated carbocycles. The van der Waals surface area contributed by atoms with Gasteiger partial charge in [-0.3, -0.25) is 33.5 Å². The first-order chi connectivity index (χ1) is 38.6. The Morgan fingerprint density at radius 2 is 1.37 bits per heavy atom. The maximum Gasteiger partial charge on any atom is 0.411 e. The first-order valence-corrected chi connectivity index (χ1v) is 29.7. The average molecular weight is 1160 g/mol. The molecule has 3 aliphatic heterocycles. The largest absolute Gasteiger partial charge is 0.473 e. The van der Waals surface area contributed by atoms with Gasteiger partial charge in [-0.05, 0) is 76.6 Å². The second kappa shape index (κ2) is 22.4. The van der Waals surface area contributed by atoms with Crippen LogP contribution in [0.25, 0.3) is 11.0 Å². The lowest BCUT2D eigenvalue weighted by Gasteiger charge is -2.29. The summed E-state index contributed by atoms with van der Waals surface area (Å²) in [7, 11) is -7.57. The van der Waals surface area contributed by atoms with Crippen molar-refractivity contribution in [2.75, 3.05) is 44.3 Å². The molecule has 0 bridgehead atoms. The summed E-state index contributed by atoms with van der Waals surface area (Å²) >= 11 is 0. The molecule has 3 aromatic heterocycles. The van der Waals surface area contributed by atoms with Crippen molar-refractivity contribution in [2.24, 2.45) is 11.8 Å². The fourth-order valence-corrected chi connectivity index (χ4v) is 12.5. The van der Waals surface area contributed by atoms with Gasteiger partial charge in [-0.1, -0.05) is 29.1 Å². The standard InChI is InChI=1S/C29H34N8O8S.C22H30N6O6S/c1-5-17-15-29(17,25(39)34-46(41,42)19-10-11-19)32-24(38)22-14-18(16-36(22)27(40)44-28(2,3)4)43-23-12-13-30-26(31-23)45-37-21-9-7-6-8-20(21)33-35-37;1-2-14-12-22(14,20(30)27-35(31,32)16-3-4-16)26-19(29)17-11-15(13-24-17)34-18-5-6-23-21(25-18)28-7-9-33-10-8-28/h5-9,12-13,17-19,22H,1,10-11,14-16H2,2-4H3,(H,32,38)(H,34,39);2,5-6,14-17,24H,1,3-4,7-13H2,(H,26,29)(H,27,30)/t17?,18-,22+,29?;14?,15-,17+,22?/m11/s1. The van der Waals surface area contributed by atoms with Crippen LogP contribution in [0.3, 0.4) is 0 Å². The highest BCUT2D eigenvalue weighted by Gasteiger charge is 2.63. The van der Waals surface area contributed by atoms with E-state index in [9.17, 15) is 40.8 Å². The van der Waals surface area contributed by atoms with Crippen LogP contribution in [0.15, 0.2) is 74.1 Å². The predicted molar refractivity (Wildman–Crippen MR) is 286 cm³/mol. The van der Waals surface area contributed by atoms with Crippen molar-refractivity contribution >= 4 is 66.8 Å². The molecule has 28 nitrogen and oxygen atoms in total. The molecule has 434 valence electrons. The number of aromatic nitrogens is 7. The zero-order valence-corrected chi connectivity index (χ0v) is 46.4. The number of likely N-dealkylation sites (tertiary alicyclic amines) is 1. The highest BCUT2D eigenvalue weighted by atomic mass is 32.2. The van der Waals surface area contributed by atoms with Crippen LogP contribution in [0.1, 0.15) is 72.1 Å². The molecule has 5 amide bonds. The van der Waals surface area contributed by atoms with Gasteiger partial charge in [0.15, 0.2) is 0 Å². The van der Waals surface area contributed by atoms with E-state index >= 15 is 0 Å². The number of para-hydroxylation sites is 1. The number of carbonyl (C=O) groups is 5. The van der Waals surface area contributed by atoms with Crippen molar-refractivity contribution in [3.05, 3.63) is 74.1 Å². The molecule has 7 fully saturated rings. The number of rotatable bonds is 19. The van der Waals surface area contributed by atoms with Crippen LogP contribution >= 0.6 is 0 Å². The number of hydrogen-bond acceptors (Lipinski definition) is 22. The van der Waals surface area contributed by atoms with Gasteiger partial charge >= 0.3 is 12.1 Å². The van der Waals surface area contributed by atoms with E-state index in [-0.39, 0.29) is 49.2 Å². The quantitative estimate of drug-likeness (QED) is 0.0802. The van der Waals surface area contributed by atoms with Crippen molar-refractivity contribution in [3.63, 3.8) is 0 Å². The maximum absolute atomic E-state index is 13.8. The lowest BCUT2D eigenvalue weighted by molar-refractivity contribution is -0.131. The molecule has 5 N–H and O–H groups in total. The molecule has 11 rings (SSSR count). The monoisotopic (exact) mass is 1160 g/mol. The van der Waals surface area contributed by atoms with Crippen LogP contribution in [-0.4, -0.2) is 177 Å². The fourth-order valence-electron chi connectivity index (χ4n) is 9.77. The smallest absolute Gasteiger partial charge is 0.411 e. The lowest BCUT2D eigenvalue weighted by Crippen LogP contribution is -2.56. The van der Waals surface area contributed by atoms with Crippen LogP contribution in [0.2, 0.25) is 0 Å². The van der Waals surface area contributed by atoms with Crippen molar-refractivity contribution < 1.29 is 64.6 Å². The Morgan fingerprint density at radius 3 is 1.98 bits per heavy atom. The molecule has 4 aliphatic carbocycles. The summed E-state index contributed by atoms with van der Waals surface area (Å²) in [6.45, 7) is 15.6. The summed E-state index contributed by atoms with van der Waals surface area (Å²) in [6, 6.07) is 8.57. The molecule has 0 radical (unpaired) electrons. The minimum Gasteiger partial charge on any atom is -0.473 e. The number of carbonyl (C=O) groups excluding carboxylic acids is 5. The second-order valence-electron chi connectivity index (χ2n) is 21.9. The van der Waals surface area contributed by atoms with Gasteiger partial charge in [0.05, 0.1) is 36.3 Å². The Balaban J connectivity index is 0.000000189. The van der Waals surface area contributed by atoms with E-state index in [0.717, 1.165) is 0 Å². The van der Waals surface area contributed by atoms with E-state index in [0.29, 0.717) is 94.2 Å². The number of nitrogens with one attached hydrogen (secondary N) is 5. The number of benzene rings is 1. The molecular weight excluding hydrogens is 1100 g/mol. The van der Waals surface area contributed by atoms with Gasteiger partial charge in [-0.15, -0.1) is 18.3 Å². The predicted octanol–water partition coefficient (Wildman–Crippen LogP) is 0.581. The molecule has 7 aliphatic rings. The summed E-state index contributed by atoms with van der Waals surface area (Å²) in [6.07, 6.45) is 7.25. The molecule has 4 unspecified atom stereocenters. The van der Waals surface area contributed by atoms with E-state index in [4.69, 9.17) is 23.8 Å². The number of hydrogen-bond donors (Lipinski definition) is 5. The minimum absolute atomic E-state index is 0.0236. The van der Waals surface area contributed by atoms with Crippen molar-refractivity contribution in [1.29, 1.82) is 0 Å². The van der Waals surface area contributed by atoms with Gasteiger partial charge in [0.2, 0.25) is 49.6 Å². The van der Waals surface area contributed by atoms with Crippen LogP contribution in [0, 0.1) is 11.8 Å². The van der Waals surface area contributed by atoms with Crippen LogP contribution < -0.4 is 44.6 Å². The zero-order valence-electron chi connectivity index (χ0n) is 44.8. The van der Waals surface area contributed by atoms with E-state index < -0.39 is 95.1 Å². The summed E-state index contributed by atoms with van der Waals surface area (Å²) < 4.78 is 76.7. The van der Waals surface area contributed by atoms with E-state index in [2.05, 4.69) is 68.8 Å². The minimum atomic E-state index is -3.86. The number of anilines is 1. The highest BCUT2D eigenvalue weighted by molar-refractivity contribution is 7.91. The van der Waals surface area contributed by atoms with Crippen molar-refractivity contribution in [1.82, 2.24) is 65.4 Å². The first-order valence-electron chi connectivity index (χ1n) is 26.6. The third-order valence-corrected chi connectivity index (χ3v) is 18.3. The molecule has 81 heavy (non-hydrogen) atoms. The van der Waals surface area contributed by atoms with Gasteiger partial charge in [0.1, 0.15) is 46.0 Å². The Labute approximate surface area is 466 Å². The summed E-state index contributed by atoms with van der Waals surface area (Å²) in [5.41, 5.74) is -2.45. The summed E-state index contributed by atoms with van der Waals surface area (Å²) in [4.78, 5) is 93.3. The number of nitrogens with zero attached hydrogens (tertiary/aromatic N) is 9. The number of sulfonamides is 2. The maximum atomic E-state index is 13.8.